The number of aryl methyl sites for hydroxylation is 2. The number of hydrogen-bond acceptors (Lipinski definition) is 2. The molecule has 1 heterocycles. The van der Waals surface area contributed by atoms with Crippen LogP contribution in [0.15, 0.2) is 12.1 Å². The highest BCUT2D eigenvalue weighted by Crippen LogP contribution is 2.44. The summed E-state index contributed by atoms with van der Waals surface area (Å²) < 4.78 is 6.02. The van der Waals surface area contributed by atoms with Gasteiger partial charge in [0, 0.05) is 5.92 Å². The fourth-order valence-corrected chi connectivity index (χ4v) is 2.84. The minimum atomic E-state index is -0.747. The van der Waals surface area contributed by atoms with Gasteiger partial charge in [-0.15, -0.1) is 0 Å². The van der Waals surface area contributed by atoms with Gasteiger partial charge in [-0.2, -0.15) is 0 Å². The first-order valence-electron chi connectivity index (χ1n) is 6.30. The Balaban J connectivity index is 2.49. The maximum atomic E-state index is 11.0. The molecule has 0 saturated carbocycles. The molecule has 1 aromatic rings. The SMILES string of the molecule is Cc1cc(C)c2c(c1)C(CC(=O)O)CC(C)(C)O2. The van der Waals surface area contributed by atoms with Crippen molar-refractivity contribution < 1.29 is 14.6 Å². The molecule has 0 spiro atoms. The molecule has 3 nitrogen and oxygen atoms in total. The van der Waals surface area contributed by atoms with Crippen molar-refractivity contribution in [3.8, 4) is 5.75 Å². The average Bonchev–Trinajstić information content (AvgIpc) is 2.18. The van der Waals surface area contributed by atoms with Crippen molar-refractivity contribution in [3.05, 3.63) is 28.8 Å². The van der Waals surface area contributed by atoms with Crippen LogP contribution in [0, 0.1) is 13.8 Å². The van der Waals surface area contributed by atoms with Crippen molar-refractivity contribution in [2.24, 2.45) is 0 Å². The molecule has 98 valence electrons. The van der Waals surface area contributed by atoms with Crippen LogP contribution in [0.3, 0.4) is 0 Å². The summed E-state index contributed by atoms with van der Waals surface area (Å²) in [5, 5.41) is 9.06. The van der Waals surface area contributed by atoms with Crippen molar-refractivity contribution >= 4 is 5.97 Å². The average molecular weight is 248 g/mol. The zero-order chi connectivity index (χ0) is 13.5. The molecule has 3 heteroatoms. The third-order valence-electron chi connectivity index (χ3n) is 3.42. The van der Waals surface area contributed by atoms with E-state index in [1.807, 2.05) is 27.7 Å². The summed E-state index contributed by atoms with van der Waals surface area (Å²) in [4.78, 5) is 11.0. The highest BCUT2D eigenvalue weighted by atomic mass is 16.5. The van der Waals surface area contributed by atoms with Gasteiger partial charge >= 0.3 is 5.97 Å². The Labute approximate surface area is 108 Å². The Morgan fingerprint density at radius 3 is 2.72 bits per heavy atom. The summed E-state index contributed by atoms with van der Waals surface area (Å²) in [6.45, 7) is 8.09. The maximum absolute atomic E-state index is 11.0. The molecule has 1 aliphatic heterocycles. The van der Waals surface area contributed by atoms with E-state index in [-0.39, 0.29) is 17.9 Å². The third-order valence-corrected chi connectivity index (χ3v) is 3.42. The summed E-state index contributed by atoms with van der Waals surface area (Å²) in [7, 11) is 0. The molecule has 1 unspecified atom stereocenters. The fourth-order valence-electron chi connectivity index (χ4n) is 2.84. The minimum Gasteiger partial charge on any atom is -0.487 e. The van der Waals surface area contributed by atoms with Gasteiger partial charge in [0.15, 0.2) is 0 Å². The molecule has 0 fully saturated rings. The molecular formula is C15H20O3. The predicted molar refractivity (Wildman–Crippen MR) is 70.2 cm³/mol. The fraction of sp³-hybridized carbons (Fsp3) is 0.533. The molecular weight excluding hydrogens is 228 g/mol. The lowest BCUT2D eigenvalue weighted by Gasteiger charge is -2.38. The van der Waals surface area contributed by atoms with E-state index in [2.05, 4.69) is 12.1 Å². The predicted octanol–water partition coefficient (Wildman–Crippen LogP) is 3.42. The van der Waals surface area contributed by atoms with Gasteiger partial charge < -0.3 is 9.84 Å². The summed E-state index contributed by atoms with van der Waals surface area (Å²) >= 11 is 0. The number of carboxylic acids is 1. The molecule has 0 radical (unpaired) electrons. The molecule has 0 aromatic heterocycles. The highest BCUT2D eigenvalue weighted by Gasteiger charge is 2.35. The molecule has 0 saturated heterocycles. The molecule has 0 bridgehead atoms. The number of rotatable bonds is 2. The van der Waals surface area contributed by atoms with E-state index >= 15 is 0 Å². The Morgan fingerprint density at radius 1 is 1.44 bits per heavy atom. The van der Waals surface area contributed by atoms with Gasteiger partial charge in [-0.3, -0.25) is 4.79 Å². The van der Waals surface area contributed by atoms with Crippen molar-refractivity contribution in [1.29, 1.82) is 0 Å². The molecule has 1 atom stereocenters. The van der Waals surface area contributed by atoms with E-state index < -0.39 is 5.97 Å². The largest absolute Gasteiger partial charge is 0.487 e. The Hall–Kier alpha value is -1.51. The monoisotopic (exact) mass is 248 g/mol. The molecule has 1 N–H and O–H groups in total. The Kier molecular flexibility index (Phi) is 3.09. The van der Waals surface area contributed by atoms with Crippen LogP contribution in [-0.2, 0) is 4.79 Å². The number of aliphatic carboxylic acids is 1. The van der Waals surface area contributed by atoms with Crippen LogP contribution in [0.25, 0.3) is 0 Å². The summed E-state index contributed by atoms with van der Waals surface area (Å²) in [6.07, 6.45) is 0.915. The van der Waals surface area contributed by atoms with E-state index in [1.54, 1.807) is 0 Å². The van der Waals surface area contributed by atoms with E-state index in [1.165, 1.54) is 0 Å². The summed E-state index contributed by atoms with van der Waals surface area (Å²) in [5.74, 6) is 0.172. The number of fused-ring (bicyclic) bond motifs is 1. The topological polar surface area (TPSA) is 46.5 Å². The van der Waals surface area contributed by atoms with Gasteiger partial charge in [-0.05, 0) is 45.2 Å². The zero-order valence-electron chi connectivity index (χ0n) is 11.4. The van der Waals surface area contributed by atoms with Crippen LogP contribution >= 0.6 is 0 Å². The van der Waals surface area contributed by atoms with Gasteiger partial charge in [-0.1, -0.05) is 17.7 Å². The summed E-state index contributed by atoms with van der Waals surface area (Å²) in [6, 6.07) is 4.14. The van der Waals surface area contributed by atoms with Crippen LogP contribution in [0.5, 0.6) is 5.75 Å². The molecule has 2 rings (SSSR count). The van der Waals surface area contributed by atoms with Gasteiger partial charge in [0.1, 0.15) is 11.4 Å². The Morgan fingerprint density at radius 2 is 2.11 bits per heavy atom. The van der Waals surface area contributed by atoms with E-state index in [0.29, 0.717) is 0 Å². The number of ether oxygens (including phenoxy) is 1. The van der Waals surface area contributed by atoms with Crippen LogP contribution in [0.4, 0.5) is 0 Å². The Bertz CT molecular complexity index is 489. The van der Waals surface area contributed by atoms with Crippen LogP contribution < -0.4 is 4.74 Å². The van der Waals surface area contributed by atoms with Crippen LogP contribution in [0.1, 0.15) is 49.3 Å². The number of carbonyl (C=O) groups is 1. The number of benzene rings is 1. The highest BCUT2D eigenvalue weighted by molar-refractivity contribution is 5.68. The molecule has 18 heavy (non-hydrogen) atoms. The lowest BCUT2D eigenvalue weighted by molar-refractivity contribution is -0.137. The second-order valence-corrected chi connectivity index (χ2v) is 5.86. The van der Waals surface area contributed by atoms with Crippen molar-refractivity contribution in [2.45, 2.75) is 52.1 Å². The van der Waals surface area contributed by atoms with Crippen LogP contribution in [-0.4, -0.2) is 16.7 Å². The van der Waals surface area contributed by atoms with Gasteiger partial charge in [-0.25, -0.2) is 0 Å². The lowest BCUT2D eigenvalue weighted by atomic mass is 9.81. The second kappa shape index (κ2) is 4.30. The lowest BCUT2D eigenvalue weighted by Crippen LogP contribution is -2.36. The van der Waals surface area contributed by atoms with E-state index in [4.69, 9.17) is 9.84 Å². The first kappa shape index (κ1) is 12.9. The van der Waals surface area contributed by atoms with Gasteiger partial charge in [0.25, 0.3) is 0 Å². The molecule has 1 aliphatic rings. The quantitative estimate of drug-likeness (QED) is 0.872. The smallest absolute Gasteiger partial charge is 0.303 e. The van der Waals surface area contributed by atoms with Crippen molar-refractivity contribution in [3.63, 3.8) is 0 Å². The van der Waals surface area contributed by atoms with Gasteiger partial charge in [0.05, 0.1) is 6.42 Å². The number of carboxylic acid groups (broad SMARTS) is 1. The van der Waals surface area contributed by atoms with Crippen LogP contribution in [0.2, 0.25) is 0 Å². The molecule has 0 aliphatic carbocycles. The van der Waals surface area contributed by atoms with E-state index in [0.717, 1.165) is 28.9 Å². The standard InChI is InChI=1S/C15H20O3/c1-9-5-10(2)14-12(6-9)11(7-13(16)17)8-15(3,4)18-14/h5-6,11H,7-8H2,1-4H3,(H,16,17). The second-order valence-electron chi connectivity index (χ2n) is 5.86. The van der Waals surface area contributed by atoms with Crippen molar-refractivity contribution in [1.82, 2.24) is 0 Å². The third kappa shape index (κ3) is 2.50. The molecule has 1 aromatic carbocycles. The van der Waals surface area contributed by atoms with Crippen molar-refractivity contribution in [2.75, 3.05) is 0 Å². The maximum Gasteiger partial charge on any atom is 0.303 e. The first-order chi connectivity index (χ1) is 8.28. The first-order valence-corrected chi connectivity index (χ1v) is 6.30. The zero-order valence-corrected chi connectivity index (χ0v) is 11.4. The molecule has 0 amide bonds. The minimum absolute atomic E-state index is 0.0415. The summed E-state index contributed by atoms with van der Waals surface area (Å²) in [5.41, 5.74) is 3.00. The normalized spacial score (nSPS) is 21.0. The number of hydrogen-bond donors (Lipinski definition) is 1. The van der Waals surface area contributed by atoms with E-state index in [9.17, 15) is 4.79 Å². The van der Waals surface area contributed by atoms with Gasteiger partial charge in [0.2, 0.25) is 0 Å².